The number of rotatable bonds is 3. The van der Waals surface area contributed by atoms with Crippen LogP contribution in [-0.2, 0) is 15.9 Å². The lowest BCUT2D eigenvalue weighted by Crippen LogP contribution is -2.43. The second kappa shape index (κ2) is 6.47. The van der Waals surface area contributed by atoms with Gasteiger partial charge in [0.05, 0.1) is 11.2 Å². The highest BCUT2D eigenvalue weighted by Crippen LogP contribution is 2.36. The summed E-state index contributed by atoms with van der Waals surface area (Å²) in [6.07, 6.45) is 3.99. The van der Waals surface area contributed by atoms with Crippen molar-refractivity contribution in [2.75, 3.05) is 0 Å². The Morgan fingerprint density at radius 2 is 1.46 bits per heavy atom. The van der Waals surface area contributed by atoms with Gasteiger partial charge in [0.2, 0.25) is 0 Å². The third-order valence-corrected chi connectivity index (χ3v) is 6.25. The van der Waals surface area contributed by atoms with Crippen molar-refractivity contribution in [3.8, 4) is 0 Å². The summed E-state index contributed by atoms with van der Waals surface area (Å²) in [5, 5.41) is 0. The quantitative estimate of drug-likeness (QED) is 0.789. The molecule has 2 fully saturated rings. The second-order valence-corrected chi connectivity index (χ2v) is 8.63. The van der Waals surface area contributed by atoms with E-state index in [1.807, 2.05) is 0 Å². The molecule has 0 bridgehead atoms. The highest BCUT2D eigenvalue weighted by Gasteiger charge is 2.51. The van der Waals surface area contributed by atoms with Crippen molar-refractivity contribution >= 4 is 12.6 Å². The highest BCUT2D eigenvalue weighted by molar-refractivity contribution is 6.62. The third kappa shape index (κ3) is 3.42. The summed E-state index contributed by atoms with van der Waals surface area (Å²) in [7, 11) is -0.267. The van der Waals surface area contributed by atoms with Crippen LogP contribution in [0, 0.1) is 0 Å². The van der Waals surface area contributed by atoms with Crippen LogP contribution in [0.5, 0.6) is 0 Å². The molecule has 0 radical (unpaired) electrons. The SMILES string of the molecule is C[C@@H]1CCC[C@H](C)N1Cc1ccc(B2OC(C)(C)C(C)(C)O2)cc1. The molecule has 1 aromatic rings. The minimum atomic E-state index is -0.283. The van der Waals surface area contributed by atoms with Gasteiger partial charge in [0, 0.05) is 18.6 Å². The molecule has 2 heterocycles. The van der Waals surface area contributed by atoms with E-state index >= 15 is 0 Å². The number of piperidine rings is 1. The van der Waals surface area contributed by atoms with E-state index in [-0.39, 0.29) is 18.3 Å². The Labute approximate surface area is 147 Å². The lowest BCUT2D eigenvalue weighted by Gasteiger charge is -2.39. The van der Waals surface area contributed by atoms with Crippen molar-refractivity contribution in [1.82, 2.24) is 4.90 Å². The van der Waals surface area contributed by atoms with Gasteiger partial charge in [-0.25, -0.2) is 0 Å². The fourth-order valence-electron chi connectivity index (χ4n) is 3.76. The number of nitrogens with zero attached hydrogens (tertiary/aromatic N) is 1. The molecule has 1 aromatic carbocycles. The van der Waals surface area contributed by atoms with Crippen LogP contribution in [0.15, 0.2) is 24.3 Å². The minimum absolute atomic E-state index is 0.267. The Bertz CT molecular complexity index is 544. The summed E-state index contributed by atoms with van der Waals surface area (Å²) >= 11 is 0. The van der Waals surface area contributed by atoms with Crippen LogP contribution in [0.2, 0.25) is 0 Å². The van der Waals surface area contributed by atoms with Gasteiger partial charge in [0.15, 0.2) is 0 Å². The largest absolute Gasteiger partial charge is 0.494 e. The maximum atomic E-state index is 6.14. The van der Waals surface area contributed by atoms with Crippen molar-refractivity contribution in [1.29, 1.82) is 0 Å². The van der Waals surface area contributed by atoms with Crippen LogP contribution >= 0.6 is 0 Å². The van der Waals surface area contributed by atoms with Gasteiger partial charge in [-0.1, -0.05) is 30.7 Å². The summed E-state index contributed by atoms with van der Waals surface area (Å²) in [5.74, 6) is 0. The molecular formula is C20H32BNO2. The molecule has 3 rings (SSSR count). The number of hydrogen-bond donors (Lipinski definition) is 0. The zero-order chi connectivity index (χ0) is 17.5. The van der Waals surface area contributed by atoms with E-state index in [4.69, 9.17) is 9.31 Å². The summed E-state index contributed by atoms with van der Waals surface area (Å²) in [5.41, 5.74) is 1.91. The fourth-order valence-corrected chi connectivity index (χ4v) is 3.76. The van der Waals surface area contributed by atoms with Gasteiger partial charge in [0.25, 0.3) is 0 Å². The topological polar surface area (TPSA) is 21.7 Å². The van der Waals surface area contributed by atoms with Gasteiger partial charge in [-0.3, -0.25) is 4.90 Å². The zero-order valence-electron chi connectivity index (χ0n) is 16.1. The van der Waals surface area contributed by atoms with E-state index in [0.29, 0.717) is 12.1 Å². The van der Waals surface area contributed by atoms with Gasteiger partial charge in [-0.05, 0) is 65.4 Å². The summed E-state index contributed by atoms with van der Waals surface area (Å²) in [6, 6.07) is 10.1. The van der Waals surface area contributed by atoms with Crippen LogP contribution in [0.4, 0.5) is 0 Å². The molecule has 2 aliphatic rings. The molecule has 4 heteroatoms. The predicted molar refractivity (Wildman–Crippen MR) is 100 cm³/mol. The Hall–Kier alpha value is -0.835. The lowest BCUT2D eigenvalue weighted by molar-refractivity contribution is 0.00578. The Balaban J connectivity index is 1.68. The van der Waals surface area contributed by atoms with E-state index in [1.54, 1.807) is 0 Å². The smallest absolute Gasteiger partial charge is 0.399 e. The van der Waals surface area contributed by atoms with Crippen molar-refractivity contribution in [2.45, 2.75) is 90.6 Å². The van der Waals surface area contributed by atoms with E-state index in [9.17, 15) is 0 Å². The Morgan fingerprint density at radius 1 is 0.958 bits per heavy atom. The van der Waals surface area contributed by atoms with Gasteiger partial charge >= 0.3 is 7.12 Å². The van der Waals surface area contributed by atoms with E-state index in [2.05, 4.69) is 70.7 Å². The molecule has 2 saturated heterocycles. The monoisotopic (exact) mass is 329 g/mol. The van der Waals surface area contributed by atoms with Gasteiger partial charge in [0.1, 0.15) is 0 Å². The molecule has 0 aromatic heterocycles. The Morgan fingerprint density at radius 3 is 1.96 bits per heavy atom. The summed E-state index contributed by atoms with van der Waals surface area (Å²) in [4.78, 5) is 2.63. The van der Waals surface area contributed by atoms with Crippen LogP contribution < -0.4 is 5.46 Å². The summed E-state index contributed by atoms with van der Waals surface area (Å²) < 4.78 is 12.3. The molecule has 0 saturated carbocycles. The van der Waals surface area contributed by atoms with Gasteiger partial charge in [-0.15, -0.1) is 0 Å². The third-order valence-electron chi connectivity index (χ3n) is 6.25. The first-order valence-corrected chi connectivity index (χ1v) is 9.40. The minimum Gasteiger partial charge on any atom is -0.399 e. The van der Waals surface area contributed by atoms with Crippen LogP contribution in [0.1, 0.15) is 66.4 Å². The first kappa shape index (κ1) is 18.0. The van der Waals surface area contributed by atoms with Crippen LogP contribution in [-0.4, -0.2) is 35.3 Å². The standard InChI is InChI=1S/C20H32BNO2/c1-15-8-7-9-16(2)22(15)14-17-10-12-18(13-11-17)21-23-19(3,4)20(5,6)24-21/h10-13,15-16H,7-9,14H2,1-6H3/t15-,16+. The summed E-state index contributed by atoms with van der Waals surface area (Å²) in [6.45, 7) is 14.1. The van der Waals surface area contributed by atoms with E-state index in [1.165, 1.54) is 24.8 Å². The van der Waals surface area contributed by atoms with Crippen molar-refractivity contribution < 1.29 is 9.31 Å². The lowest BCUT2D eigenvalue weighted by atomic mass is 9.79. The molecule has 0 amide bonds. The predicted octanol–water partition coefficient (Wildman–Crippen LogP) is 3.75. The van der Waals surface area contributed by atoms with Crippen molar-refractivity contribution in [3.63, 3.8) is 0 Å². The van der Waals surface area contributed by atoms with E-state index in [0.717, 1.165) is 12.0 Å². The molecule has 0 spiro atoms. The van der Waals surface area contributed by atoms with Crippen LogP contribution in [0.3, 0.4) is 0 Å². The molecular weight excluding hydrogens is 297 g/mol. The van der Waals surface area contributed by atoms with Crippen molar-refractivity contribution in [2.24, 2.45) is 0 Å². The van der Waals surface area contributed by atoms with Crippen LogP contribution in [0.25, 0.3) is 0 Å². The maximum Gasteiger partial charge on any atom is 0.494 e. The first-order chi connectivity index (χ1) is 11.2. The number of hydrogen-bond acceptors (Lipinski definition) is 3. The Kier molecular flexibility index (Phi) is 4.85. The maximum absolute atomic E-state index is 6.14. The number of benzene rings is 1. The van der Waals surface area contributed by atoms with Crippen molar-refractivity contribution in [3.05, 3.63) is 29.8 Å². The molecule has 2 aliphatic heterocycles. The number of likely N-dealkylation sites (tertiary alicyclic amines) is 1. The molecule has 3 nitrogen and oxygen atoms in total. The molecule has 0 unspecified atom stereocenters. The average molecular weight is 329 g/mol. The average Bonchev–Trinajstić information content (AvgIpc) is 2.72. The zero-order valence-corrected chi connectivity index (χ0v) is 16.1. The molecule has 0 aliphatic carbocycles. The first-order valence-electron chi connectivity index (χ1n) is 9.40. The second-order valence-electron chi connectivity index (χ2n) is 8.63. The highest BCUT2D eigenvalue weighted by atomic mass is 16.7. The fraction of sp³-hybridized carbons (Fsp3) is 0.700. The molecule has 24 heavy (non-hydrogen) atoms. The molecule has 132 valence electrons. The van der Waals surface area contributed by atoms with Gasteiger partial charge in [-0.2, -0.15) is 0 Å². The molecule has 0 N–H and O–H groups in total. The molecule has 2 atom stereocenters. The normalized spacial score (nSPS) is 29.8. The van der Waals surface area contributed by atoms with E-state index < -0.39 is 0 Å². The van der Waals surface area contributed by atoms with Gasteiger partial charge < -0.3 is 9.31 Å².